The number of likely N-dealkylation sites (tertiary alicyclic amines) is 1. The molecule has 5 heteroatoms. The van der Waals surface area contributed by atoms with Crippen LogP contribution in [0.15, 0.2) is 24.3 Å². The first-order chi connectivity index (χ1) is 10.2. The zero-order chi connectivity index (χ0) is 14.8. The topological polar surface area (TPSA) is 75.4 Å². The van der Waals surface area contributed by atoms with Gasteiger partial charge in [0, 0.05) is 18.8 Å². The van der Waals surface area contributed by atoms with Crippen LogP contribution in [0.1, 0.15) is 37.2 Å². The zero-order valence-corrected chi connectivity index (χ0v) is 12.0. The molecule has 2 aliphatic rings. The molecule has 3 rings (SSSR count). The van der Waals surface area contributed by atoms with Gasteiger partial charge in [-0.05, 0) is 37.3 Å². The van der Waals surface area contributed by atoms with Crippen molar-refractivity contribution in [3.63, 3.8) is 0 Å². The summed E-state index contributed by atoms with van der Waals surface area (Å²) < 4.78 is 0. The number of rotatable bonds is 2. The zero-order valence-electron chi connectivity index (χ0n) is 12.0. The smallest absolute Gasteiger partial charge is 0.240 e. The van der Waals surface area contributed by atoms with Crippen molar-refractivity contribution in [1.82, 2.24) is 4.90 Å². The molecule has 2 unspecified atom stereocenters. The van der Waals surface area contributed by atoms with Crippen LogP contribution in [-0.4, -0.2) is 35.8 Å². The van der Waals surface area contributed by atoms with Gasteiger partial charge in [-0.2, -0.15) is 0 Å². The summed E-state index contributed by atoms with van der Waals surface area (Å²) in [6.07, 6.45) is 3.36. The quantitative estimate of drug-likeness (QED) is 0.864. The number of anilines is 1. The van der Waals surface area contributed by atoms with Gasteiger partial charge in [-0.1, -0.05) is 18.2 Å². The minimum atomic E-state index is -0.437. The highest BCUT2D eigenvalue weighted by Crippen LogP contribution is 2.34. The number of fused-ring (bicyclic) bond motifs is 1. The van der Waals surface area contributed by atoms with E-state index in [0.717, 1.165) is 37.1 Å². The summed E-state index contributed by atoms with van der Waals surface area (Å²) in [5.41, 5.74) is 7.53. The normalized spacial score (nSPS) is 24.9. The Balaban J connectivity index is 1.86. The van der Waals surface area contributed by atoms with Gasteiger partial charge in [0.05, 0.1) is 5.92 Å². The molecule has 1 fully saturated rings. The number of para-hydroxylation sites is 1. The Hall–Kier alpha value is -2.04. The minimum Gasteiger partial charge on any atom is -0.385 e. The molecule has 0 aromatic heterocycles. The molecule has 2 atom stereocenters. The number of hydrogen-bond acceptors (Lipinski definition) is 3. The van der Waals surface area contributed by atoms with Crippen molar-refractivity contribution in [3.8, 4) is 0 Å². The molecule has 112 valence electrons. The minimum absolute atomic E-state index is 0.0486. The third-order valence-electron chi connectivity index (χ3n) is 4.50. The van der Waals surface area contributed by atoms with Gasteiger partial charge in [0.25, 0.3) is 0 Å². The van der Waals surface area contributed by atoms with Crippen LogP contribution in [0, 0.1) is 0 Å². The summed E-state index contributed by atoms with van der Waals surface area (Å²) in [7, 11) is 0. The van der Waals surface area contributed by atoms with E-state index in [4.69, 9.17) is 5.73 Å². The van der Waals surface area contributed by atoms with Crippen LogP contribution in [0.2, 0.25) is 0 Å². The van der Waals surface area contributed by atoms with Crippen molar-refractivity contribution in [1.29, 1.82) is 0 Å². The molecule has 5 nitrogen and oxygen atoms in total. The van der Waals surface area contributed by atoms with Crippen molar-refractivity contribution < 1.29 is 9.59 Å². The number of nitrogens with one attached hydrogen (secondary N) is 1. The molecule has 21 heavy (non-hydrogen) atoms. The highest BCUT2D eigenvalue weighted by molar-refractivity contribution is 5.91. The number of hydrogen-bond donors (Lipinski definition) is 2. The van der Waals surface area contributed by atoms with E-state index >= 15 is 0 Å². The van der Waals surface area contributed by atoms with E-state index in [9.17, 15) is 9.59 Å². The van der Waals surface area contributed by atoms with Gasteiger partial charge in [-0.15, -0.1) is 0 Å². The average Bonchev–Trinajstić information content (AvgIpc) is 2.53. The van der Waals surface area contributed by atoms with Crippen LogP contribution in [-0.2, 0) is 9.59 Å². The monoisotopic (exact) mass is 287 g/mol. The Bertz CT molecular complexity index is 558. The van der Waals surface area contributed by atoms with Gasteiger partial charge >= 0.3 is 0 Å². The predicted octanol–water partition coefficient (Wildman–Crippen LogP) is 1.45. The summed E-state index contributed by atoms with van der Waals surface area (Å²) in [5, 5.41) is 3.32. The fraction of sp³-hybridized carbons (Fsp3) is 0.500. The lowest BCUT2D eigenvalue weighted by molar-refractivity contribution is -0.142. The first-order valence-corrected chi connectivity index (χ1v) is 7.61. The average molecular weight is 287 g/mol. The highest BCUT2D eigenvalue weighted by Gasteiger charge is 2.36. The van der Waals surface area contributed by atoms with Crippen LogP contribution < -0.4 is 11.1 Å². The van der Waals surface area contributed by atoms with Crippen LogP contribution >= 0.6 is 0 Å². The number of benzene rings is 1. The van der Waals surface area contributed by atoms with E-state index in [1.54, 1.807) is 4.90 Å². The van der Waals surface area contributed by atoms with E-state index in [2.05, 4.69) is 5.32 Å². The molecule has 2 aliphatic heterocycles. The Morgan fingerprint density at radius 3 is 2.81 bits per heavy atom. The van der Waals surface area contributed by atoms with Crippen LogP contribution in [0.5, 0.6) is 0 Å². The molecule has 0 aliphatic carbocycles. The van der Waals surface area contributed by atoms with Gasteiger partial charge in [0.2, 0.25) is 11.8 Å². The second-order valence-corrected chi connectivity index (χ2v) is 5.80. The predicted molar refractivity (Wildman–Crippen MR) is 80.8 cm³/mol. The van der Waals surface area contributed by atoms with E-state index in [1.807, 2.05) is 24.3 Å². The van der Waals surface area contributed by atoms with Gasteiger partial charge < -0.3 is 16.0 Å². The third kappa shape index (κ3) is 2.60. The maximum Gasteiger partial charge on any atom is 0.240 e. The standard InChI is InChI=1S/C16H21N3O2/c17-15(20)14-7-3-4-10-19(14)16(21)12-8-9-18-13-6-2-1-5-11(12)13/h1-2,5-6,12,14,18H,3-4,7-10H2,(H2,17,20). The van der Waals surface area contributed by atoms with E-state index in [0.29, 0.717) is 13.0 Å². The van der Waals surface area contributed by atoms with E-state index in [1.165, 1.54) is 0 Å². The lowest BCUT2D eigenvalue weighted by Gasteiger charge is -2.37. The van der Waals surface area contributed by atoms with E-state index < -0.39 is 6.04 Å². The maximum atomic E-state index is 12.9. The number of nitrogens with zero attached hydrogens (tertiary/aromatic N) is 1. The molecule has 1 aromatic rings. The van der Waals surface area contributed by atoms with Crippen molar-refractivity contribution >= 4 is 17.5 Å². The van der Waals surface area contributed by atoms with Crippen molar-refractivity contribution in [2.24, 2.45) is 5.73 Å². The molecule has 2 heterocycles. The number of piperidine rings is 1. The largest absolute Gasteiger partial charge is 0.385 e. The molecule has 0 spiro atoms. The lowest BCUT2D eigenvalue weighted by atomic mass is 9.88. The summed E-state index contributed by atoms with van der Waals surface area (Å²) in [5.74, 6) is -0.500. The Morgan fingerprint density at radius 1 is 1.19 bits per heavy atom. The Morgan fingerprint density at radius 2 is 2.00 bits per heavy atom. The number of primary amides is 1. The van der Waals surface area contributed by atoms with Gasteiger partial charge in [0.1, 0.15) is 6.04 Å². The Labute approximate surface area is 124 Å². The van der Waals surface area contributed by atoms with Gasteiger partial charge in [0.15, 0.2) is 0 Å². The molecule has 0 saturated carbocycles. The number of amides is 2. The second kappa shape index (κ2) is 5.76. The summed E-state index contributed by atoms with van der Waals surface area (Å²) in [6.45, 7) is 1.42. The maximum absolute atomic E-state index is 12.9. The SMILES string of the molecule is NC(=O)C1CCCCN1C(=O)C1CCNc2ccccc21. The molecular weight excluding hydrogens is 266 g/mol. The van der Waals surface area contributed by atoms with Crippen molar-refractivity contribution in [2.45, 2.75) is 37.6 Å². The molecule has 2 amide bonds. The van der Waals surface area contributed by atoms with Crippen LogP contribution in [0.25, 0.3) is 0 Å². The Kier molecular flexibility index (Phi) is 3.82. The lowest BCUT2D eigenvalue weighted by Crippen LogP contribution is -2.52. The fourth-order valence-corrected chi connectivity index (χ4v) is 3.42. The van der Waals surface area contributed by atoms with Crippen molar-refractivity contribution in [3.05, 3.63) is 29.8 Å². The van der Waals surface area contributed by atoms with Crippen LogP contribution in [0.4, 0.5) is 5.69 Å². The van der Waals surface area contributed by atoms with Gasteiger partial charge in [-0.3, -0.25) is 9.59 Å². The second-order valence-electron chi connectivity index (χ2n) is 5.80. The molecule has 0 radical (unpaired) electrons. The molecule has 0 bridgehead atoms. The van der Waals surface area contributed by atoms with Gasteiger partial charge in [-0.25, -0.2) is 0 Å². The number of carbonyl (C=O) groups is 2. The van der Waals surface area contributed by atoms with Crippen LogP contribution in [0.3, 0.4) is 0 Å². The highest BCUT2D eigenvalue weighted by atomic mass is 16.2. The first-order valence-electron chi connectivity index (χ1n) is 7.61. The first kappa shape index (κ1) is 13.9. The number of nitrogens with two attached hydrogens (primary N) is 1. The molecule has 1 aromatic carbocycles. The summed E-state index contributed by atoms with van der Waals surface area (Å²) in [6, 6.07) is 7.47. The van der Waals surface area contributed by atoms with Crippen molar-refractivity contribution in [2.75, 3.05) is 18.4 Å². The fourth-order valence-electron chi connectivity index (χ4n) is 3.42. The van der Waals surface area contributed by atoms with E-state index in [-0.39, 0.29) is 17.7 Å². The summed E-state index contributed by atoms with van der Waals surface area (Å²) >= 11 is 0. The molecule has 1 saturated heterocycles. The molecular formula is C16H21N3O2. The molecule has 3 N–H and O–H groups in total. The third-order valence-corrected chi connectivity index (χ3v) is 4.50. The number of carbonyl (C=O) groups excluding carboxylic acids is 2. The summed E-state index contributed by atoms with van der Waals surface area (Å²) in [4.78, 5) is 26.2.